The van der Waals surface area contributed by atoms with E-state index in [1.54, 1.807) is 23.1 Å². The van der Waals surface area contributed by atoms with Gasteiger partial charge in [-0.05, 0) is 18.9 Å². The molecule has 8 nitrogen and oxygen atoms in total. The summed E-state index contributed by atoms with van der Waals surface area (Å²) in [7, 11) is 1.85. The second-order valence-corrected chi connectivity index (χ2v) is 7.52. The molecule has 0 spiro atoms. The monoisotopic (exact) mass is 390 g/mol. The third kappa shape index (κ3) is 3.59. The summed E-state index contributed by atoms with van der Waals surface area (Å²) >= 11 is 5.89. The number of carbonyl (C=O) groups excluding carboxylic acids is 2. The zero-order valence-electron chi connectivity index (χ0n) is 15.3. The topological polar surface area (TPSA) is 77.5 Å². The lowest BCUT2D eigenvalue weighted by Crippen LogP contribution is -2.58. The van der Waals surface area contributed by atoms with Crippen molar-refractivity contribution in [2.24, 2.45) is 7.05 Å². The Kier molecular flexibility index (Phi) is 4.92. The third-order valence-electron chi connectivity index (χ3n) is 5.33. The van der Waals surface area contributed by atoms with Crippen LogP contribution in [-0.4, -0.2) is 75.1 Å². The summed E-state index contributed by atoms with van der Waals surface area (Å²) in [5.41, 5.74) is 1.36. The van der Waals surface area contributed by atoms with Gasteiger partial charge in [-0.15, -0.1) is 0 Å². The summed E-state index contributed by atoms with van der Waals surface area (Å²) in [5, 5.41) is 4.70. The Morgan fingerprint density at radius 3 is 2.67 bits per heavy atom. The van der Waals surface area contributed by atoms with Crippen molar-refractivity contribution < 1.29 is 9.59 Å². The van der Waals surface area contributed by atoms with Crippen molar-refractivity contribution >= 4 is 29.1 Å². The highest BCUT2D eigenvalue weighted by atomic mass is 35.5. The van der Waals surface area contributed by atoms with E-state index in [-0.39, 0.29) is 17.9 Å². The summed E-state index contributed by atoms with van der Waals surface area (Å²) in [5.74, 6) is 0.0821. The number of piperidine rings is 1. The standard InChI is InChI=1S/C18H23ClN6O2/c1-22-12-14(11-21-22)25-4-2-3-16(18(25)27)23-5-7-24(8-6-23)17(26)15-9-13(19)10-20-15/h9-12,16,20H,2-8H2,1H3/t16-/m0/s1. The van der Waals surface area contributed by atoms with Gasteiger partial charge in [0.25, 0.3) is 5.91 Å². The first-order valence-corrected chi connectivity index (χ1v) is 9.58. The van der Waals surface area contributed by atoms with Crippen molar-refractivity contribution in [1.29, 1.82) is 0 Å². The molecular formula is C18H23ClN6O2. The molecule has 2 amide bonds. The van der Waals surface area contributed by atoms with Gasteiger partial charge in [-0.3, -0.25) is 19.2 Å². The molecule has 1 atom stereocenters. The zero-order valence-corrected chi connectivity index (χ0v) is 16.0. The van der Waals surface area contributed by atoms with Gasteiger partial charge in [-0.2, -0.15) is 5.10 Å². The van der Waals surface area contributed by atoms with Crippen LogP contribution in [-0.2, 0) is 11.8 Å². The number of piperazine rings is 1. The number of halogens is 1. The minimum atomic E-state index is -0.129. The number of hydrogen-bond acceptors (Lipinski definition) is 4. The van der Waals surface area contributed by atoms with Gasteiger partial charge in [-0.25, -0.2) is 0 Å². The molecule has 144 valence electrons. The van der Waals surface area contributed by atoms with Gasteiger partial charge in [0.1, 0.15) is 5.69 Å². The number of carbonyl (C=O) groups is 2. The Hall–Kier alpha value is -2.32. The van der Waals surface area contributed by atoms with Crippen molar-refractivity contribution in [2.75, 3.05) is 37.6 Å². The van der Waals surface area contributed by atoms with Crippen molar-refractivity contribution in [2.45, 2.75) is 18.9 Å². The van der Waals surface area contributed by atoms with E-state index in [1.165, 1.54) is 0 Å². The van der Waals surface area contributed by atoms with Crippen LogP contribution in [0.3, 0.4) is 0 Å². The molecule has 0 radical (unpaired) electrons. The van der Waals surface area contributed by atoms with Crippen LogP contribution >= 0.6 is 11.6 Å². The molecule has 0 saturated carbocycles. The summed E-state index contributed by atoms with van der Waals surface area (Å²) in [6, 6.07) is 1.52. The van der Waals surface area contributed by atoms with Crippen LogP contribution < -0.4 is 4.90 Å². The Morgan fingerprint density at radius 2 is 2.04 bits per heavy atom. The predicted molar refractivity (Wildman–Crippen MR) is 102 cm³/mol. The van der Waals surface area contributed by atoms with E-state index >= 15 is 0 Å². The van der Waals surface area contributed by atoms with E-state index in [0.29, 0.717) is 36.9 Å². The van der Waals surface area contributed by atoms with Crippen LogP contribution in [0.25, 0.3) is 0 Å². The lowest BCUT2D eigenvalue weighted by Gasteiger charge is -2.42. The molecule has 2 saturated heterocycles. The largest absolute Gasteiger partial charge is 0.356 e. The predicted octanol–water partition coefficient (Wildman–Crippen LogP) is 1.35. The van der Waals surface area contributed by atoms with Gasteiger partial charge in [0.05, 0.1) is 22.9 Å². The van der Waals surface area contributed by atoms with Gasteiger partial charge < -0.3 is 14.8 Å². The van der Waals surface area contributed by atoms with Gasteiger partial charge in [0.2, 0.25) is 5.91 Å². The maximum absolute atomic E-state index is 13.0. The molecule has 0 aliphatic carbocycles. The first-order chi connectivity index (χ1) is 13.0. The summed E-state index contributed by atoms with van der Waals surface area (Å²) < 4.78 is 1.71. The van der Waals surface area contributed by atoms with Crippen LogP contribution in [0.4, 0.5) is 5.69 Å². The normalized spacial score (nSPS) is 21.7. The van der Waals surface area contributed by atoms with Gasteiger partial charge >= 0.3 is 0 Å². The molecule has 0 unspecified atom stereocenters. The van der Waals surface area contributed by atoms with Crippen LogP contribution in [0.2, 0.25) is 5.02 Å². The molecule has 2 aliphatic rings. The molecule has 4 heterocycles. The SMILES string of the molecule is Cn1cc(N2CCC[C@H](N3CCN(C(=O)c4cc(Cl)c[nH]4)CC3)C2=O)cn1. The molecule has 4 rings (SSSR count). The Balaban J connectivity index is 1.39. The van der Waals surface area contributed by atoms with Crippen LogP contribution in [0, 0.1) is 0 Å². The quantitative estimate of drug-likeness (QED) is 0.858. The average Bonchev–Trinajstić information content (AvgIpc) is 3.30. The summed E-state index contributed by atoms with van der Waals surface area (Å²) in [6.45, 7) is 3.32. The molecule has 27 heavy (non-hydrogen) atoms. The van der Waals surface area contributed by atoms with Crippen LogP contribution in [0.5, 0.6) is 0 Å². The minimum absolute atomic E-state index is 0.0477. The van der Waals surface area contributed by atoms with Crippen LogP contribution in [0.1, 0.15) is 23.3 Å². The Morgan fingerprint density at radius 1 is 1.26 bits per heavy atom. The minimum Gasteiger partial charge on any atom is -0.356 e. The highest BCUT2D eigenvalue weighted by Gasteiger charge is 2.36. The van der Waals surface area contributed by atoms with Crippen molar-refractivity contribution in [3.05, 3.63) is 35.4 Å². The smallest absolute Gasteiger partial charge is 0.270 e. The fourth-order valence-electron chi connectivity index (χ4n) is 3.90. The van der Waals surface area contributed by atoms with E-state index in [0.717, 1.165) is 25.1 Å². The highest BCUT2D eigenvalue weighted by molar-refractivity contribution is 6.30. The number of H-pyrrole nitrogens is 1. The molecule has 1 N–H and O–H groups in total. The van der Waals surface area contributed by atoms with Crippen molar-refractivity contribution in [3.63, 3.8) is 0 Å². The lowest BCUT2D eigenvalue weighted by molar-refractivity contribution is -0.126. The molecule has 9 heteroatoms. The summed E-state index contributed by atoms with van der Waals surface area (Å²) in [4.78, 5) is 34.3. The number of nitrogens with zero attached hydrogens (tertiary/aromatic N) is 5. The third-order valence-corrected chi connectivity index (χ3v) is 5.55. The number of hydrogen-bond donors (Lipinski definition) is 1. The molecule has 0 bridgehead atoms. The maximum Gasteiger partial charge on any atom is 0.270 e. The van der Waals surface area contributed by atoms with E-state index in [2.05, 4.69) is 15.0 Å². The Labute approximate surface area is 162 Å². The zero-order chi connectivity index (χ0) is 19.0. The molecule has 0 aromatic carbocycles. The first-order valence-electron chi connectivity index (χ1n) is 9.20. The fourth-order valence-corrected chi connectivity index (χ4v) is 4.06. The van der Waals surface area contributed by atoms with Gasteiger partial charge in [0.15, 0.2) is 0 Å². The van der Waals surface area contributed by atoms with Gasteiger partial charge in [-0.1, -0.05) is 11.6 Å². The number of rotatable bonds is 3. The number of nitrogens with one attached hydrogen (secondary N) is 1. The molecule has 2 aliphatic heterocycles. The average molecular weight is 391 g/mol. The van der Waals surface area contributed by atoms with E-state index in [1.807, 2.05) is 23.0 Å². The molecular weight excluding hydrogens is 368 g/mol. The number of anilines is 1. The number of amides is 2. The highest BCUT2D eigenvalue weighted by Crippen LogP contribution is 2.24. The molecule has 2 aromatic rings. The fraction of sp³-hybridized carbons (Fsp3) is 0.500. The molecule has 2 fully saturated rings. The lowest BCUT2D eigenvalue weighted by atomic mass is 10.0. The Bertz CT molecular complexity index is 839. The first kappa shape index (κ1) is 18.1. The second-order valence-electron chi connectivity index (χ2n) is 7.08. The maximum atomic E-state index is 13.0. The van der Waals surface area contributed by atoms with E-state index < -0.39 is 0 Å². The number of aryl methyl sites for hydroxylation is 1. The van der Waals surface area contributed by atoms with Gasteiger partial charge in [0, 0.05) is 52.2 Å². The summed E-state index contributed by atoms with van der Waals surface area (Å²) in [6.07, 6.45) is 7.04. The van der Waals surface area contributed by atoms with E-state index in [4.69, 9.17) is 11.6 Å². The van der Waals surface area contributed by atoms with Crippen molar-refractivity contribution in [1.82, 2.24) is 24.6 Å². The van der Waals surface area contributed by atoms with Crippen molar-refractivity contribution in [3.8, 4) is 0 Å². The van der Waals surface area contributed by atoms with E-state index in [9.17, 15) is 9.59 Å². The number of aromatic nitrogens is 3. The molecule has 2 aromatic heterocycles. The number of aromatic amines is 1. The second kappa shape index (κ2) is 7.36. The van der Waals surface area contributed by atoms with Crippen LogP contribution in [0.15, 0.2) is 24.7 Å².